The molecule has 0 radical (unpaired) electrons. The molecule has 3 rings (SSSR count). The number of anilines is 1. The molecule has 1 atom stereocenters. The van der Waals surface area contributed by atoms with Crippen molar-refractivity contribution >= 4 is 11.8 Å². The van der Waals surface area contributed by atoms with E-state index in [1.807, 2.05) is 7.05 Å². The van der Waals surface area contributed by atoms with Gasteiger partial charge in [-0.05, 0) is 50.2 Å². The summed E-state index contributed by atoms with van der Waals surface area (Å²) in [7, 11) is 2.01. The highest BCUT2D eigenvalue weighted by atomic mass is 19.1. The van der Waals surface area contributed by atoms with E-state index in [1.165, 1.54) is 12.1 Å². The quantitative estimate of drug-likeness (QED) is 0.899. The van der Waals surface area contributed by atoms with Crippen LogP contribution in [0.2, 0.25) is 0 Å². The molecule has 1 heterocycles. The average Bonchev–Trinajstić information content (AvgIpc) is 2.97. The lowest BCUT2D eigenvalue weighted by Gasteiger charge is -2.19. The Bertz CT molecular complexity index is 747. The summed E-state index contributed by atoms with van der Waals surface area (Å²) in [6.45, 7) is 1.32. The van der Waals surface area contributed by atoms with E-state index in [0.29, 0.717) is 23.4 Å². The highest BCUT2D eigenvalue weighted by Gasteiger charge is 2.22. The van der Waals surface area contributed by atoms with Gasteiger partial charge in [-0.15, -0.1) is 0 Å². The summed E-state index contributed by atoms with van der Waals surface area (Å²) in [5, 5.41) is 2.66. The number of amides is 1. The molecule has 4 nitrogen and oxygen atoms in total. The van der Waals surface area contributed by atoms with Crippen molar-refractivity contribution in [3.63, 3.8) is 0 Å². The van der Waals surface area contributed by atoms with Gasteiger partial charge >= 0.3 is 6.09 Å². The number of halogens is 2. The van der Waals surface area contributed by atoms with E-state index in [1.54, 1.807) is 24.3 Å². The number of hydrogen-bond donors (Lipinski definition) is 1. The lowest BCUT2D eigenvalue weighted by Crippen LogP contribution is -2.31. The number of rotatable bonds is 4. The largest absolute Gasteiger partial charge is 0.448 e. The molecule has 2 aromatic rings. The molecule has 0 bridgehead atoms. The smallest absolute Gasteiger partial charge is 0.411 e. The summed E-state index contributed by atoms with van der Waals surface area (Å²) < 4.78 is 32.3. The number of ether oxygens (including phenoxy) is 1. The highest BCUT2D eigenvalue weighted by Crippen LogP contribution is 2.29. The van der Waals surface area contributed by atoms with Crippen molar-refractivity contribution in [1.82, 2.24) is 4.90 Å². The molecule has 1 aliphatic heterocycles. The third kappa shape index (κ3) is 4.33. The standard InChI is InChI=1S/C19H20F2N2O2/c1-23-8-4-5-16(23)12-25-19(24)22-18-7-3-2-6-17(18)13-9-14(20)11-15(21)10-13/h2-3,6-7,9-11,16H,4-5,8,12H2,1H3,(H,22,24)/t16-/m0/s1. The highest BCUT2D eigenvalue weighted by molar-refractivity contribution is 5.91. The number of carbonyl (C=O) groups is 1. The van der Waals surface area contributed by atoms with Gasteiger partial charge in [0.15, 0.2) is 0 Å². The molecule has 0 aliphatic carbocycles. The van der Waals surface area contributed by atoms with Gasteiger partial charge in [0, 0.05) is 17.7 Å². The van der Waals surface area contributed by atoms with Crippen molar-refractivity contribution < 1.29 is 18.3 Å². The Balaban J connectivity index is 1.71. The lowest BCUT2D eigenvalue weighted by molar-refractivity contribution is 0.127. The van der Waals surface area contributed by atoms with Gasteiger partial charge < -0.3 is 9.64 Å². The molecule has 25 heavy (non-hydrogen) atoms. The third-order valence-corrected chi connectivity index (χ3v) is 4.42. The molecule has 1 fully saturated rings. The van der Waals surface area contributed by atoms with Crippen LogP contribution in [0.25, 0.3) is 11.1 Å². The first kappa shape index (κ1) is 17.4. The van der Waals surface area contributed by atoms with Gasteiger partial charge in [0.1, 0.15) is 18.2 Å². The third-order valence-electron chi connectivity index (χ3n) is 4.42. The first-order valence-corrected chi connectivity index (χ1v) is 8.22. The van der Waals surface area contributed by atoms with E-state index in [-0.39, 0.29) is 6.04 Å². The zero-order valence-corrected chi connectivity index (χ0v) is 14.0. The summed E-state index contributed by atoms with van der Waals surface area (Å²) in [6.07, 6.45) is 1.52. The topological polar surface area (TPSA) is 41.6 Å². The number of carbonyl (C=O) groups excluding carboxylic acids is 1. The molecule has 1 N–H and O–H groups in total. The number of hydrogen-bond acceptors (Lipinski definition) is 3. The SMILES string of the molecule is CN1CCC[C@H]1COC(=O)Nc1ccccc1-c1cc(F)cc(F)c1. The van der Waals surface area contributed by atoms with E-state index in [2.05, 4.69) is 10.2 Å². The normalized spacial score (nSPS) is 17.5. The maximum atomic E-state index is 13.5. The fourth-order valence-electron chi connectivity index (χ4n) is 3.06. The predicted molar refractivity (Wildman–Crippen MR) is 92.4 cm³/mol. The number of likely N-dealkylation sites (tertiary alicyclic amines) is 1. The van der Waals surface area contributed by atoms with Gasteiger partial charge in [0.2, 0.25) is 0 Å². The summed E-state index contributed by atoms with van der Waals surface area (Å²) in [5.74, 6) is -1.34. The molecule has 2 aromatic carbocycles. The zero-order chi connectivity index (χ0) is 17.8. The van der Waals surface area contributed by atoms with Gasteiger partial charge in [0.25, 0.3) is 0 Å². The Morgan fingerprint density at radius 3 is 2.64 bits per heavy atom. The van der Waals surface area contributed by atoms with Crippen molar-refractivity contribution in [3.05, 3.63) is 54.1 Å². The summed E-state index contributed by atoms with van der Waals surface area (Å²) in [5.41, 5.74) is 1.32. The Labute approximate surface area is 145 Å². The number of para-hydroxylation sites is 1. The van der Waals surface area contributed by atoms with Gasteiger partial charge in [-0.25, -0.2) is 13.6 Å². The second-order valence-electron chi connectivity index (χ2n) is 6.20. The molecule has 1 aliphatic rings. The Hall–Kier alpha value is -2.47. The van der Waals surface area contributed by atoms with Crippen molar-refractivity contribution in [2.75, 3.05) is 25.5 Å². The Morgan fingerprint density at radius 2 is 1.96 bits per heavy atom. The molecule has 0 saturated carbocycles. The molecule has 0 aromatic heterocycles. The predicted octanol–water partition coefficient (Wildman–Crippen LogP) is 4.27. The van der Waals surface area contributed by atoms with Crippen LogP contribution in [-0.4, -0.2) is 37.2 Å². The minimum absolute atomic E-state index is 0.235. The van der Waals surface area contributed by atoms with E-state index >= 15 is 0 Å². The minimum Gasteiger partial charge on any atom is -0.448 e. The average molecular weight is 346 g/mol. The minimum atomic E-state index is -0.670. The van der Waals surface area contributed by atoms with Gasteiger partial charge in [-0.3, -0.25) is 5.32 Å². The van der Waals surface area contributed by atoms with Crippen LogP contribution in [0.3, 0.4) is 0 Å². The van der Waals surface area contributed by atoms with Crippen LogP contribution in [0.1, 0.15) is 12.8 Å². The first-order valence-electron chi connectivity index (χ1n) is 8.22. The second-order valence-corrected chi connectivity index (χ2v) is 6.20. The van der Waals surface area contributed by atoms with Crippen LogP contribution in [-0.2, 0) is 4.74 Å². The van der Waals surface area contributed by atoms with Crippen molar-refractivity contribution in [1.29, 1.82) is 0 Å². The van der Waals surface area contributed by atoms with E-state index < -0.39 is 17.7 Å². The fraction of sp³-hybridized carbons (Fsp3) is 0.316. The number of likely N-dealkylation sites (N-methyl/N-ethyl adjacent to an activating group) is 1. The fourth-order valence-corrected chi connectivity index (χ4v) is 3.06. The Morgan fingerprint density at radius 1 is 1.24 bits per heavy atom. The summed E-state index contributed by atoms with van der Waals surface area (Å²) in [4.78, 5) is 14.3. The van der Waals surface area contributed by atoms with E-state index in [0.717, 1.165) is 25.5 Å². The second kappa shape index (κ2) is 7.61. The van der Waals surface area contributed by atoms with Gasteiger partial charge in [0.05, 0.1) is 5.69 Å². The van der Waals surface area contributed by atoms with Gasteiger partial charge in [-0.2, -0.15) is 0 Å². The number of benzene rings is 2. The van der Waals surface area contributed by atoms with Crippen LogP contribution < -0.4 is 5.32 Å². The molecule has 0 unspecified atom stereocenters. The summed E-state index contributed by atoms with van der Waals surface area (Å²) in [6, 6.07) is 10.3. The van der Waals surface area contributed by atoms with Crippen molar-refractivity contribution in [2.24, 2.45) is 0 Å². The molecule has 132 valence electrons. The zero-order valence-electron chi connectivity index (χ0n) is 14.0. The van der Waals surface area contributed by atoms with Crippen molar-refractivity contribution in [3.8, 4) is 11.1 Å². The molecule has 0 spiro atoms. The molecule has 1 amide bonds. The molecule has 6 heteroatoms. The maximum Gasteiger partial charge on any atom is 0.411 e. The molecule has 1 saturated heterocycles. The number of nitrogens with one attached hydrogen (secondary N) is 1. The van der Waals surface area contributed by atoms with Crippen LogP contribution in [0, 0.1) is 11.6 Å². The summed E-state index contributed by atoms with van der Waals surface area (Å²) >= 11 is 0. The number of nitrogens with zero attached hydrogens (tertiary/aromatic N) is 1. The van der Waals surface area contributed by atoms with Crippen LogP contribution in [0.15, 0.2) is 42.5 Å². The van der Waals surface area contributed by atoms with E-state index in [4.69, 9.17) is 4.74 Å². The van der Waals surface area contributed by atoms with Crippen molar-refractivity contribution in [2.45, 2.75) is 18.9 Å². The lowest BCUT2D eigenvalue weighted by atomic mass is 10.0. The monoisotopic (exact) mass is 346 g/mol. The van der Waals surface area contributed by atoms with Gasteiger partial charge in [-0.1, -0.05) is 18.2 Å². The van der Waals surface area contributed by atoms with Crippen LogP contribution in [0.5, 0.6) is 0 Å². The maximum absolute atomic E-state index is 13.5. The molecular weight excluding hydrogens is 326 g/mol. The molecular formula is C19H20F2N2O2. The van der Waals surface area contributed by atoms with Crippen LogP contribution >= 0.6 is 0 Å². The Kier molecular flexibility index (Phi) is 5.28. The van der Waals surface area contributed by atoms with E-state index in [9.17, 15) is 13.6 Å². The first-order chi connectivity index (χ1) is 12.0. The van der Waals surface area contributed by atoms with Crippen LogP contribution in [0.4, 0.5) is 19.3 Å².